The van der Waals surface area contributed by atoms with Gasteiger partial charge in [-0.3, -0.25) is 4.79 Å². The highest BCUT2D eigenvalue weighted by Crippen LogP contribution is 2.27. The molecule has 0 radical (unpaired) electrons. The maximum Gasteiger partial charge on any atom is 0.235 e. The topological polar surface area (TPSA) is 85.2 Å². The number of carbonyl (C=O) groups is 1. The molecular formula is C15H24N4O3S2. The van der Waals surface area contributed by atoms with Gasteiger partial charge in [-0.05, 0) is 26.2 Å². The molecule has 0 spiro atoms. The number of fused-ring (bicyclic) bond motifs is 1. The fraction of sp³-hybridized carbons (Fsp3) is 0.800. The van der Waals surface area contributed by atoms with Gasteiger partial charge in [0, 0.05) is 26.1 Å². The van der Waals surface area contributed by atoms with Crippen molar-refractivity contribution in [2.75, 3.05) is 18.6 Å². The van der Waals surface area contributed by atoms with Crippen LogP contribution in [0.2, 0.25) is 0 Å². The number of aromatic nitrogens is 3. The number of nitrogens with zero attached hydrogens (tertiary/aromatic N) is 4. The predicted molar refractivity (Wildman–Crippen MR) is 92.7 cm³/mol. The van der Waals surface area contributed by atoms with E-state index in [1.54, 1.807) is 11.9 Å². The molecule has 3 heterocycles. The second-order valence-electron chi connectivity index (χ2n) is 6.63. The molecule has 9 heteroatoms. The minimum absolute atomic E-state index is 0.0481. The zero-order chi connectivity index (χ0) is 17.3. The second kappa shape index (κ2) is 7.03. The van der Waals surface area contributed by atoms with Crippen molar-refractivity contribution >= 4 is 27.5 Å². The van der Waals surface area contributed by atoms with Crippen molar-refractivity contribution in [1.82, 2.24) is 19.7 Å². The van der Waals surface area contributed by atoms with Gasteiger partial charge in [0.25, 0.3) is 0 Å². The number of aryl methyl sites for hydroxylation is 1. The van der Waals surface area contributed by atoms with Gasteiger partial charge in [0.2, 0.25) is 5.91 Å². The quantitative estimate of drug-likeness (QED) is 0.737. The van der Waals surface area contributed by atoms with Gasteiger partial charge in [0.15, 0.2) is 15.0 Å². The van der Waals surface area contributed by atoms with Crippen LogP contribution in [0.25, 0.3) is 0 Å². The standard InChI is InChI=1S/C15H24N4O3S2/c1-11(14(20)18(2)12-7-9-24(21,22)10-12)23-15-17-16-13-6-4-3-5-8-19(13)15/h11-12H,3-10H2,1-2H3. The molecule has 1 fully saturated rings. The van der Waals surface area contributed by atoms with E-state index in [4.69, 9.17) is 0 Å². The number of thioether (sulfide) groups is 1. The van der Waals surface area contributed by atoms with Crippen LogP contribution in [0.3, 0.4) is 0 Å². The maximum atomic E-state index is 12.7. The summed E-state index contributed by atoms with van der Waals surface area (Å²) in [6.45, 7) is 2.76. The monoisotopic (exact) mass is 372 g/mol. The molecule has 134 valence electrons. The van der Waals surface area contributed by atoms with E-state index in [0.717, 1.165) is 36.8 Å². The second-order valence-corrected chi connectivity index (χ2v) is 10.2. The molecule has 0 bridgehead atoms. The number of amides is 1. The van der Waals surface area contributed by atoms with Crippen molar-refractivity contribution in [1.29, 1.82) is 0 Å². The highest BCUT2D eigenvalue weighted by molar-refractivity contribution is 8.00. The third-order valence-electron chi connectivity index (χ3n) is 4.81. The lowest BCUT2D eigenvalue weighted by Gasteiger charge is -2.26. The number of sulfone groups is 1. The predicted octanol–water partition coefficient (Wildman–Crippen LogP) is 1.13. The van der Waals surface area contributed by atoms with Gasteiger partial charge in [-0.2, -0.15) is 0 Å². The Morgan fingerprint density at radius 2 is 2.12 bits per heavy atom. The van der Waals surface area contributed by atoms with Crippen molar-refractivity contribution in [3.8, 4) is 0 Å². The Kier molecular flexibility index (Phi) is 5.19. The summed E-state index contributed by atoms with van der Waals surface area (Å²) >= 11 is 1.42. The Labute approximate surface area is 147 Å². The zero-order valence-electron chi connectivity index (χ0n) is 14.1. The summed E-state index contributed by atoms with van der Waals surface area (Å²) in [5, 5.41) is 8.99. The molecule has 0 saturated carbocycles. The maximum absolute atomic E-state index is 12.7. The summed E-state index contributed by atoms with van der Waals surface area (Å²) in [7, 11) is -1.29. The van der Waals surface area contributed by atoms with Crippen LogP contribution in [0, 0.1) is 0 Å². The SMILES string of the molecule is CC(Sc1nnc2n1CCCCC2)C(=O)N(C)C1CCS(=O)(=O)C1. The van der Waals surface area contributed by atoms with E-state index in [1.807, 2.05) is 6.92 Å². The van der Waals surface area contributed by atoms with E-state index in [1.165, 1.54) is 18.2 Å². The van der Waals surface area contributed by atoms with Crippen molar-refractivity contribution in [3.05, 3.63) is 5.82 Å². The highest BCUT2D eigenvalue weighted by atomic mass is 32.2. The normalized spacial score (nSPS) is 24.2. The van der Waals surface area contributed by atoms with Gasteiger partial charge in [-0.25, -0.2) is 8.42 Å². The smallest absolute Gasteiger partial charge is 0.235 e. The molecule has 2 atom stereocenters. The third-order valence-corrected chi connectivity index (χ3v) is 7.63. The van der Waals surface area contributed by atoms with Crippen molar-refractivity contribution in [3.63, 3.8) is 0 Å². The fourth-order valence-corrected chi connectivity index (χ4v) is 6.07. The summed E-state index contributed by atoms with van der Waals surface area (Å²) in [6, 6.07) is -0.207. The van der Waals surface area contributed by atoms with Crippen LogP contribution in [-0.4, -0.2) is 63.8 Å². The zero-order valence-corrected chi connectivity index (χ0v) is 15.8. The van der Waals surface area contributed by atoms with Gasteiger partial charge in [-0.1, -0.05) is 18.2 Å². The lowest BCUT2D eigenvalue weighted by molar-refractivity contribution is -0.130. The summed E-state index contributed by atoms with van der Waals surface area (Å²) in [4.78, 5) is 14.3. The van der Waals surface area contributed by atoms with Crippen LogP contribution < -0.4 is 0 Å². The fourth-order valence-electron chi connectivity index (χ4n) is 3.30. The Balaban J connectivity index is 1.65. The molecule has 0 aliphatic carbocycles. The minimum Gasteiger partial charge on any atom is -0.341 e. The average molecular weight is 373 g/mol. The first kappa shape index (κ1) is 17.7. The van der Waals surface area contributed by atoms with Crippen molar-refractivity contribution in [2.24, 2.45) is 0 Å². The summed E-state index contributed by atoms with van der Waals surface area (Å²) in [5.74, 6) is 1.21. The van der Waals surface area contributed by atoms with Gasteiger partial charge in [-0.15, -0.1) is 10.2 Å². The summed E-state index contributed by atoms with van der Waals surface area (Å²) < 4.78 is 25.4. The van der Waals surface area contributed by atoms with E-state index < -0.39 is 9.84 Å². The molecule has 0 aromatic carbocycles. The van der Waals surface area contributed by atoms with Crippen LogP contribution >= 0.6 is 11.8 Å². The Bertz CT molecular complexity index is 716. The minimum atomic E-state index is -2.99. The lowest BCUT2D eigenvalue weighted by atomic mass is 10.2. The Hall–Kier alpha value is -1.09. The van der Waals surface area contributed by atoms with E-state index in [9.17, 15) is 13.2 Å². The molecule has 24 heavy (non-hydrogen) atoms. The van der Waals surface area contributed by atoms with E-state index in [0.29, 0.717) is 6.42 Å². The third kappa shape index (κ3) is 3.77. The van der Waals surface area contributed by atoms with E-state index in [2.05, 4.69) is 14.8 Å². The van der Waals surface area contributed by atoms with E-state index >= 15 is 0 Å². The molecular weight excluding hydrogens is 348 g/mol. The van der Waals surface area contributed by atoms with Crippen LogP contribution in [0.15, 0.2) is 5.16 Å². The number of carbonyl (C=O) groups excluding carboxylic acids is 1. The number of hydrogen-bond donors (Lipinski definition) is 0. The Morgan fingerprint density at radius 3 is 2.83 bits per heavy atom. The lowest BCUT2D eigenvalue weighted by Crippen LogP contribution is -2.41. The van der Waals surface area contributed by atoms with Crippen LogP contribution in [0.4, 0.5) is 0 Å². The molecule has 2 aliphatic heterocycles. The van der Waals surface area contributed by atoms with Crippen LogP contribution in [0.1, 0.15) is 38.4 Å². The van der Waals surface area contributed by atoms with Gasteiger partial charge in [0.1, 0.15) is 5.82 Å². The van der Waals surface area contributed by atoms with Crippen LogP contribution in [0.5, 0.6) is 0 Å². The van der Waals surface area contributed by atoms with Crippen LogP contribution in [-0.2, 0) is 27.6 Å². The first-order valence-corrected chi connectivity index (χ1v) is 11.1. The number of rotatable bonds is 4. The van der Waals surface area contributed by atoms with E-state index in [-0.39, 0.29) is 28.7 Å². The molecule has 7 nitrogen and oxygen atoms in total. The molecule has 0 N–H and O–H groups in total. The largest absolute Gasteiger partial charge is 0.341 e. The molecule has 2 aliphatic rings. The molecule has 1 aromatic rings. The summed E-state index contributed by atoms with van der Waals surface area (Å²) in [6.07, 6.45) is 4.91. The van der Waals surface area contributed by atoms with Gasteiger partial charge >= 0.3 is 0 Å². The molecule has 1 amide bonds. The first-order chi connectivity index (χ1) is 11.4. The molecule has 1 aromatic heterocycles. The van der Waals surface area contributed by atoms with Crippen molar-refractivity contribution in [2.45, 2.75) is 62.0 Å². The van der Waals surface area contributed by atoms with Crippen molar-refractivity contribution < 1.29 is 13.2 Å². The van der Waals surface area contributed by atoms with Gasteiger partial charge < -0.3 is 9.47 Å². The molecule has 3 rings (SSSR count). The Morgan fingerprint density at radius 1 is 1.33 bits per heavy atom. The van der Waals surface area contributed by atoms with Gasteiger partial charge in [0.05, 0.1) is 16.8 Å². The number of hydrogen-bond acceptors (Lipinski definition) is 6. The average Bonchev–Trinajstić information content (AvgIpc) is 3.00. The first-order valence-electron chi connectivity index (χ1n) is 8.43. The highest BCUT2D eigenvalue weighted by Gasteiger charge is 2.34. The molecule has 2 unspecified atom stereocenters. The molecule has 1 saturated heterocycles. The summed E-state index contributed by atoms with van der Waals surface area (Å²) in [5.41, 5.74) is 0.